The van der Waals surface area contributed by atoms with Crippen molar-refractivity contribution in [1.29, 1.82) is 0 Å². The summed E-state index contributed by atoms with van der Waals surface area (Å²) in [7, 11) is 3.36. The van der Waals surface area contributed by atoms with Crippen molar-refractivity contribution in [2.75, 3.05) is 14.2 Å². The largest absolute Gasteiger partial charge is 0.497 e. The van der Waals surface area contributed by atoms with E-state index >= 15 is 0 Å². The van der Waals surface area contributed by atoms with Crippen LogP contribution in [0.3, 0.4) is 0 Å². The van der Waals surface area contributed by atoms with E-state index in [2.05, 4.69) is 96.8 Å². The molecule has 0 aliphatic carbocycles. The Labute approximate surface area is 404 Å². The second-order valence-corrected chi connectivity index (χ2v) is 17.6. The minimum Gasteiger partial charge on any atom is -0.497 e. The number of pyridine rings is 2. The van der Waals surface area contributed by atoms with Gasteiger partial charge < -0.3 is 20.1 Å². The van der Waals surface area contributed by atoms with E-state index in [0.29, 0.717) is 0 Å². The van der Waals surface area contributed by atoms with Crippen molar-refractivity contribution in [3.63, 3.8) is 0 Å². The summed E-state index contributed by atoms with van der Waals surface area (Å²) in [6.07, 6.45) is 40.1. The van der Waals surface area contributed by atoms with Gasteiger partial charge in [-0.3, -0.25) is 19.6 Å². The van der Waals surface area contributed by atoms with Crippen LogP contribution in [0.1, 0.15) is 159 Å². The highest BCUT2D eigenvalue weighted by Gasteiger charge is 2.08. The molecule has 0 aliphatic heterocycles. The molecule has 2 N–H and O–H groups in total. The third-order valence-electron chi connectivity index (χ3n) is 11.8. The van der Waals surface area contributed by atoms with E-state index < -0.39 is 0 Å². The lowest BCUT2D eigenvalue weighted by Gasteiger charge is -2.12. The van der Waals surface area contributed by atoms with E-state index in [1.54, 1.807) is 32.6 Å². The predicted molar refractivity (Wildman–Crippen MR) is 281 cm³/mol. The van der Waals surface area contributed by atoms with E-state index in [1.165, 1.54) is 71.9 Å². The van der Waals surface area contributed by atoms with Gasteiger partial charge in [0.15, 0.2) is 0 Å². The van der Waals surface area contributed by atoms with E-state index in [9.17, 15) is 9.59 Å². The zero-order valence-corrected chi connectivity index (χ0v) is 41.8. The third-order valence-corrected chi connectivity index (χ3v) is 11.8. The number of unbranched alkanes of at least 4 members (excludes halogenated alkanes) is 9. The van der Waals surface area contributed by atoms with Crippen molar-refractivity contribution in [2.24, 2.45) is 0 Å². The topological polar surface area (TPSA) is 102 Å². The van der Waals surface area contributed by atoms with E-state index in [-0.39, 0.29) is 23.9 Å². The minimum atomic E-state index is -0.0360. The lowest BCUT2D eigenvalue weighted by atomic mass is 9.98. The lowest BCUT2D eigenvalue weighted by molar-refractivity contribution is -0.118. The molecular formula is C59H82N4O4. The molecule has 0 radical (unpaired) electrons. The summed E-state index contributed by atoms with van der Waals surface area (Å²) in [4.78, 5) is 33.1. The van der Waals surface area contributed by atoms with Crippen LogP contribution in [0.15, 0.2) is 134 Å². The van der Waals surface area contributed by atoms with Crippen molar-refractivity contribution in [3.8, 4) is 11.5 Å². The van der Waals surface area contributed by atoms with Gasteiger partial charge in [-0.05, 0) is 148 Å². The van der Waals surface area contributed by atoms with Crippen LogP contribution < -0.4 is 20.1 Å². The number of carbonyl (C=O) groups is 2. The fraction of sp³-hybridized carbons (Fsp3) is 0.458. The SMILES string of the molecule is CCCCCC/C(=C\C=C\C(=O)N[C@H](C)CCCCCc1cccnc1)c1ccc(OC)cc1.CCCCCC/C(=C\C=C\C(=O)N[C@H](C)CCCCc1cccnc1)c1ccc(OC)cc1. The van der Waals surface area contributed by atoms with Crippen LogP contribution >= 0.6 is 0 Å². The van der Waals surface area contributed by atoms with Crippen LogP contribution in [-0.2, 0) is 22.4 Å². The second-order valence-electron chi connectivity index (χ2n) is 17.6. The molecule has 8 nitrogen and oxygen atoms in total. The standard InChI is InChI=1S/C30H42N2O2.C29H40N2O2/c1-4-5-6-10-16-27(28-19-21-29(34-3)22-20-28)17-11-18-30(33)32-25(2)13-8-7-9-14-26-15-12-23-31-24-26;1-4-5-6-7-15-26(27-18-20-28(33-3)21-19-27)16-10-17-29(32)31-24(2)12-8-9-13-25-14-11-22-30-23-25/h11-12,15,17-25H,4-10,13-14,16H2,1-3H3,(H,32,33);10-11,14,16-24H,4-9,12-13,15H2,1-3H3,(H,31,32)/b18-11+,27-17+;17-10+,26-16+/t25-;24-/m11/s1. The van der Waals surface area contributed by atoms with Gasteiger partial charge in [0.05, 0.1) is 14.2 Å². The first-order valence-electron chi connectivity index (χ1n) is 25.2. The zero-order valence-electron chi connectivity index (χ0n) is 41.8. The maximum Gasteiger partial charge on any atom is 0.244 e. The Balaban J connectivity index is 0.000000355. The third kappa shape index (κ3) is 25.7. The highest BCUT2D eigenvalue weighted by atomic mass is 16.5. The van der Waals surface area contributed by atoms with Crippen LogP contribution in [0.2, 0.25) is 0 Å². The molecule has 0 spiro atoms. The summed E-state index contributed by atoms with van der Waals surface area (Å²) in [6.45, 7) is 8.61. The molecule has 0 saturated carbocycles. The van der Waals surface area contributed by atoms with Crippen LogP contribution in [0.5, 0.6) is 11.5 Å². The average Bonchev–Trinajstić information content (AvgIpc) is 3.35. The summed E-state index contributed by atoms with van der Waals surface area (Å²) in [6, 6.07) is 24.9. The number of nitrogens with one attached hydrogen (secondary N) is 2. The van der Waals surface area contributed by atoms with Crippen LogP contribution in [0.4, 0.5) is 0 Å². The Morgan fingerprint density at radius 2 is 0.940 bits per heavy atom. The first-order chi connectivity index (χ1) is 32.7. The molecule has 2 aromatic heterocycles. The molecule has 0 aliphatic rings. The molecular weight excluding hydrogens is 829 g/mol. The van der Waals surface area contributed by atoms with Crippen molar-refractivity contribution in [3.05, 3.63) is 156 Å². The van der Waals surface area contributed by atoms with Crippen LogP contribution in [0.25, 0.3) is 11.1 Å². The number of aromatic nitrogens is 2. The average molecular weight is 911 g/mol. The van der Waals surface area contributed by atoms with Gasteiger partial charge in [0.2, 0.25) is 11.8 Å². The van der Waals surface area contributed by atoms with E-state index in [1.807, 2.05) is 67.1 Å². The van der Waals surface area contributed by atoms with Gasteiger partial charge in [-0.15, -0.1) is 0 Å². The molecule has 0 unspecified atom stereocenters. The van der Waals surface area contributed by atoms with Gasteiger partial charge >= 0.3 is 0 Å². The summed E-state index contributed by atoms with van der Waals surface area (Å²) in [5.74, 6) is 1.65. The number of hydrogen-bond donors (Lipinski definition) is 2. The second kappa shape index (κ2) is 35.4. The van der Waals surface area contributed by atoms with Gasteiger partial charge in [0.25, 0.3) is 0 Å². The highest BCUT2D eigenvalue weighted by Crippen LogP contribution is 2.25. The smallest absolute Gasteiger partial charge is 0.244 e. The maximum absolute atomic E-state index is 12.4. The Morgan fingerprint density at radius 3 is 1.33 bits per heavy atom. The first-order valence-corrected chi connectivity index (χ1v) is 25.2. The minimum absolute atomic E-state index is 0.0285. The molecule has 0 bridgehead atoms. The van der Waals surface area contributed by atoms with Crippen molar-refractivity contribution in [2.45, 2.75) is 162 Å². The van der Waals surface area contributed by atoms with Crippen molar-refractivity contribution in [1.82, 2.24) is 20.6 Å². The van der Waals surface area contributed by atoms with E-state index in [4.69, 9.17) is 9.47 Å². The normalized spacial score (nSPS) is 12.6. The molecule has 4 aromatic rings. The molecule has 362 valence electrons. The monoisotopic (exact) mass is 911 g/mol. The summed E-state index contributed by atoms with van der Waals surface area (Å²) in [5, 5.41) is 6.18. The molecule has 8 heteroatoms. The number of carbonyl (C=O) groups excluding carboxylic acids is 2. The number of methoxy groups -OCH3 is 2. The summed E-state index contributed by atoms with van der Waals surface area (Å²) < 4.78 is 10.6. The molecule has 2 aromatic carbocycles. The molecule has 0 saturated heterocycles. The zero-order chi connectivity index (χ0) is 48.2. The lowest BCUT2D eigenvalue weighted by Crippen LogP contribution is -2.30. The number of aryl methyl sites for hydroxylation is 2. The molecule has 2 heterocycles. The van der Waals surface area contributed by atoms with Gasteiger partial charge in [-0.25, -0.2) is 0 Å². The Bertz CT molecular complexity index is 2030. The molecule has 4 rings (SSSR count). The number of benzene rings is 2. The van der Waals surface area contributed by atoms with Gasteiger partial charge in [0, 0.05) is 49.0 Å². The highest BCUT2D eigenvalue weighted by molar-refractivity contribution is 5.89. The van der Waals surface area contributed by atoms with Crippen LogP contribution in [-0.4, -0.2) is 48.1 Å². The number of rotatable bonds is 31. The molecule has 0 fully saturated rings. The fourth-order valence-electron chi connectivity index (χ4n) is 7.80. The van der Waals surface area contributed by atoms with Gasteiger partial charge in [0.1, 0.15) is 11.5 Å². The molecule has 2 atom stereocenters. The van der Waals surface area contributed by atoms with Gasteiger partial charge in [-0.2, -0.15) is 0 Å². The Kier molecular flexibility index (Phi) is 29.4. The quantitative estimate of drug-likeness (QED) is 0.0296. The van der Waals surface area contributed by atoms with Gasteiger partial charge in [-0.1, -0.05) is 132 Å². The summed E-state index contributed by atoms with van der Waals surface area (Å²) in [5.41, 5.74) is 7.43. The van der Waals surface area contributed by atoms with Crippen molar-refractivity contribution < 1.29 is 19.1 Å². The van der Waals surface area contributed by atoms with Crippen molar-refractivity contribution >= 4 is 23.0 Å². The number of amides is 2. The Morgan fingerprint density at radius 1 is 0.537 bits per heavy atom. The van der Waals surface area contributed by atoms with E-state index in [0.717, 1.165) is 95.0 Å². The number of nitrogens with zero attached hydrogens (tertiary/aromatic N) is 2. The first kappa shape index (κ1) is 55.6. The summed E-state index contributed by atoms with van der Waals surface area (Å²) >= 11 is 0. The molecule has 67 heavy (non-hydrogen) atoms. The number of ether oxygens (including phenoxy) is 2. The Hall–Kier alpha value is -5.76. The maximum atomic E-state index is 12.4. The predicted octanol–water partition coefficient (Wildman–Crippen LogP) is 14.2. The molecule has 2 amide bonds. The fourth-order valence-corrected chi connectivity index (χ4v) is 7.80. The number of hydrogen-bond acceptors (Lipinski definition) is 6. The number of allylic oxidation sites excluding steroid dienone is 6. The van der Waals surface area contributed by atoms with Crippen LogP contribution in [0, 0.1) is 0 Å².